The van der Waals surface area contributed by atoms with Gasteiger partial charge < -0.3 is 14.8 Å². The molecule has 0 unspecified atom stereocenters. The molecule has 0 fully saturated rings. The lowest BCUT2D eigenvalue weighted by Crippen LogP contribution is -2.09. The topological polar surface area (TPSA) is 30.5 Å². The second-order valence-corrected chi connectivity index (χ2v) is 3.38. The third kappa shape index (κ3) is 3.98. The Labute approximate surface area is 95.3 Å². The van der Waals surface area contributed by atoms with Crippen molar-refractivity contribution in [2.75, 3.05) is 32.2 Å². The molecule has 15 heavy (non-hydrogen) atoms. The van der Waals surface area contributed by atoms with Crippen LogP contribution in [0, 0.1) is 0 Å². The Morgan fingerprint density at radius 2 is 2.20 bits per heavy atom. The summed E-state index contributed by atoms with van der Waals surface area (Å²) in [5.41, 5.74) is 0.871. The average Bonchev–Trinajstić information content (AvgIpc) is 2.26. The first-order valence-corrected chi connectivity index (χ1v) is 5.31. The predicted molar refractivity (Wildman–Crippen MR) is 63.0 cm³/mol. The fraction of sp³-hybridized carbons (Fsp3) is 0.455. The number of hydrogen-bond acceptors (Lipinski definition) is 3. The zero-order valence-corrected chi connectivity index (χ0v) is 9.80. The SMILES string of the molecule is CCOCCNc1cc(OC)ccc1Cl. The lowest BCUT2D eigenvalue weighted by atomic mass is 10.3. The number of methoxy groups -OCH3 is 1. The highest BCUT2D eigenvalue weighted by molar-refractivity contribution is 6.33. The van der Waals surface area contributed by atoms with Crippen molar-refractivity contribution in [2.45, 2.75) is 6.92 Å². The minimum atomic E-state index is 0.671. The lowest BCUT2D eigenvalue weighted by Gasteiger charge is -2.09. The summed E-state index contributed by atoms with van der Waals surface area (Å²) in [4.78, 5) is 0. The largest absolute Gasteiger partial charge is 0.497 e. The van der Waals surface area contributed by atoms with Gasteiger partial charge in [-0.2, -0.15) is 0 Å². The average molecular weight is 230 g/mol. The second kappa shape index (κ2) is 6.53. The van der Waals surface area contributed by atoms with E-state index >= 15 is 0 Å². The summed E-state index contributed by atoms with van der Waals surface area (Å²) in [5, 5.41) is 3.87. The Balaban J connectivity index is 2.51. The fourth-order valence-electron chi connectivity index (χ4n) is 1.17. The number of benzene rings is 1. The summed E-state index contributed by atoms with van der Waals surface area (Å²) in [6, 6.07) is 5.51. The zero-order chi connectivity index (χ0) is 11.1. The first-order chi connectivity index (χ1) is 7.27. The minimum absolute atomic E-state index is 0.671. The maximum atomic E-state index is 6.01. The highest BCUT2D eigenvalue weighted by Crippen LogP contribution is 2.26. The van der Waals surface area contributed by atoms with Crippen LogP contribution in [0.25, 0.3) is 0 Å². The molecular weight excluding hydrogens is 214 g/mol. The quantitative estimate of drug-likeness (QED) is 0.761. The molecular formula is C11H16ClNO2. The number of hydrogen-bond donors (Lipinski definition) is 1. The van der Waals surface area contributed by atoms with Crippen molar-refractivity contribution in [3.63, 3.8) is 0 Å². The standard InChI is InChI=1S/C11H16ClNO2/c1-3-15-7-6-13-11-8-9(14-2)4-5-10(11)12/h4-5,8,13H,3,6-7H2,1-2H3. The Morgan fingerprint density at radius 1 is 1.40 bits per heavy atom. The van der Waals surface area contributed by atoms with Crippen LogP contribution in [-0.2, 0) is 4.74 Å². The summed E-state index contributed by atoms with van der Waals surface area (Å²) in [7, 11) is 1.63. The normalized spacial score (nSPS) is 10.1. The molecule has 0 amide bonds. The van der Waals surface area contributed by atoms with Gasteiger partial charge in [-0.1, -0.05) is 11.6 Å². The summed E-state index contributed by atoms with van der Waals surface area (Å²) in [6.45, 7) is 4.11. The molecule has 0 bridgehead atoms. The van der Waals surface area contributed by atoms with Crippen LogP contribution in [0.5, 0.6) is 5.75 Å². The van der Waals surface area contributed by atoms with Crippen LogP contribution in [-0.4, -0.2) is 26.9 Å². The van der Waals surface area contributed by atoms with Crippen molar-refractivity contribution in [2.24, 2.45) is 0 Å². The molecule has 0 spiro atoms. The summed E-state index contributed by atoms with van der Waals surface area (Å²) < 4.78 is 10.3. The van der Waals surface area contributed by atoms with Gasteiger partial charge >= 0.3 is 0 Å². The Morgan fingerprint density at radius 3 is 2.87 bits per heavy atom. The van der Waals surface area contributed by atoms with Crippen LogP contribution in [0.2, 0.25) is 5.02 Å². The van der Waals surface area contributed by atoms with E-state index in [1.807, 2.05) is 25.1 Å². The zero-order valence-electron chi connectivity index (χ0n) is 9.05. The fourth-order valence-corrected chi connectivity index (χ4v) is 1.35. The molecule has 4 heteroatoms. The number of anilines is 1. The van der Waals surface area contributed by atoms with Gasteiger partial charge in [-0.3, -0.25) is 0 Å². The maximum absolute atomic E-state index is 6.01. The molecule has 0 aromatic heterocycles. The molecule has 1 aromatic rings. The molecule has 1 aromatic carbocycles. The third-order valence-electron chi connectivity index (χ3n) is 1.94. The van der Waals surface area contributed by atoms with E-state index in [-0.39, 0.29) is 0 Å². The van der Waals surface area contributed by atoms with Crippen LogP contribution < -0.4 is 10.1 Å². The van der Waals surface area contributed by atoms with Crippen molar-refractivity contribution < 1.29 is 9.47 Å². The van der Waals surface area contributed by atoms with Crippen molar-refractivity contribution in [1.29, 1.82) is 0 Å². The molecule has 0 radical (unpaired) electrons. The van der Waals surface area contributed by atoms with Gasteiger partial charge in [0.25, 0.3) is 0 Å². The maximum Gasteiger partial charge on any atom is 0.121 e. The Kier molecular flexibility index (Phi) is 5.29. The van der Waals surface area contributed by atoms with Gasteiger partial charge in [0, 0.05) is 19.2 Å². The van der Waals surface area contributed by atoms with Gasteiger partial charge in [0.05, 0.1) is 24.4 Å². The summed E-state index contributed by atoms with van der Waals surface area (Å²) in [5.74, 6) is 0.790. The van der Waals surface area contributed by atoms with Crippen molar-refractivity contribution in [1.82, 2.24) is 0 Å². The molecule has 0 aliphatic carbocycles. The smallest absolute Gasteiger partial charge is 0.121 e. The monoisotopic (exact) mass is 229 g/mol. The molecule has 0 heterocycles. The van der Waals surface area contributed by atoms with Gasteiger partial charge in [0.1, 0.15) is 5.75 Å². The van der Waals surface area contributed by atoms with E-state index in [4.69, 9.17) is 21.1 Å². The lowest BCUT2D eigenvalue weighted by molar-refractivity contribution is 0.158. The van der Waals surface area contributed by atoms with E-state index < -0.39 is 0 Å². The molecule has 0 saturated carbocycles. The highest BCUT2D eigenvalue weighted by atomic mass is 35.5. The van der Waals surface area contributed by atoms with Crippen LogP contribution >= 0.6 is 11.6 Å². The second-order valence-electron chi connectivity index (χ2n) is 2.97. The van der Waals surface area contributed by atoms with Crippen molar-refractivity contribution >= 4 is 17.3 Å². The Bertz CT molecular complexity index is 305. The molecule has 1 N–H and O–H groups in total. The summed E-state index contributed by atoms with van der Waals surface area (Å²) in [6.07, 6.45) is 0. The van der Waals surface area contributed by atoms with E-state index in [0.29, 0.717) is 11.6 Å². The molecule has 84 valence electrons. The van der Waals surface area contributed by atoms with E-state index in [1.165, 1.54) is 0 Å². The van der Waals surface area contributed by atoms with Crippen LogP contribution in [0.4, 0.5) is 5.69 Å². The summed E-state index contributed by atoms with van der Waals surface area (Å²) >= 11 is 6.01. The van der Waals surface area contributed by atoms with Crippen molar-refractivity contribution in [3.05, 3.63) is 23.2 Å². The number of ether oxygens (including phenoxy) is 2. The number of halogens is 1. The third-order valence-corrected chi connectivity index (χ3v) is 2.27. The molecule has 0 aliphatic heterocycles. The van der Waals surface area contributed by atoms with Crippen LogP contribution in [0.3, 0.4) is 0 Å². The van der Waals surface area contributed by atoms with E-state index in [0.717, 1.165) is 24.6 Å². The molecule has 0 aliphatic rings. The first kappa shape index (κ1) is 12.1. The van der Waals surface area contributed by atoms with Gasteiger partial charge in [-0.15, -0.1) is 0 Å². The molecule has 0 atom stereocenters. The minimum Gasteiger partial charge on any atom is -0.497 e. The van der Waals surface area contributed by atoms with Gasteiger partial charge in [-0.25, -0.2) is 0 Å². The molecule has 3 nitrogen and oxygen atoms in total. The van der Waals surface area contributed by atoms with E-state index in [9.17, 15) is 0 Å². The molecule has 1 rings (SSSR count). The highest BCUT2D eigenvalue weighted by Gasteiger charge is 2.01. The number of nitrogens with one attached hydrogen (secondary N) is 1. The number of rotatable bonds is 6. The van der Waals surface area contributed by atoms with Crippen LogP contribution in [0.15, 0.2) is 18.2 Å². The first-order valence-electron chi connectivity index (χ1n) is 4.93. The predicted octanol–water partition coefficient (Wildman–Crippen LogP) is 2.80. The van der Waals surface area contributed by atoms with E-state index in [2.05, 4.69) is 5.32 Å². The van der Waals surface area contributed by atoms with Crippen LogP contribution in [0.1, 0.15) is 6.92 Å². The van der Waals surface area contributed by atoms with Gasteiger partial charge in [0.2, 0.25) is 0 Å². The van der Waals surface area contributed by atoms with E-state index in [1.54, 1.807) is 7.11 Å². The van der Waals surface area contributed by atoms with Gasteiger partial charge in [-0.05, 0) is 19.1 Å². The van der Waals surface area contributed by atoms with Gasteiger partial charge in [0.15, 0.2) is 0 Å². The Hall–Kier alpha value is -0.930. The van der Waals surface area contributed by atoms with Crippen molar-refractivity contribution in [3.8, 4) is 5.75 Å². The molecule has 0 saturated heterocycles.